The maximum Gasteiger partial charge on any atom is 0.192 e. The molecule has 23 heavy (non-hydrogen) atoms. The van der Waals surface area contributed by atoms with Gasteiger partial charge in [-0.1, -0.05) is 51.1 Å². The van der Waals surface area contributed by atoms with E-state index in [4.69, 9.17) is 10.2 Å². The molecule has 1 saturated heterocycles. The summed E-state index contributed by atoms with van der Waals surface area (Å²) < 4.78 is 6.66. The topological polar surface area (TPSA) is 38.5 Å². The molecule has 130 valence electrons. The molecule has 0 aliphatic carbocycles. The van der Waals surface area contributed by atoms with Crippen LogP contribution in [0, 0.1) is 0 Å². The Hall–Kier alpha value is -0.683. The van der Waals surface area contributed by atoms with Crippen LogP contribution in [0.5, 0.6) is 0 Å². The molecule has 2 atom stereocenters. The van der Waals surface area contributed by atoms with Crippen LogP contribution in [0.4, 0.5) is 0 Å². The summed E-state index contributed by atoms with van der Waals surface area (Å²) in [5.41, 5.74) is 7.22. The van der Waals surface area contributed by atoms with Gasteiger partial charge in [0.15, 0.2) is 8.32 Å². The van der Waals surface area contributed by atoms with Crippen LogP contribution in [0.2, 0.25) is 18.1 Å². The maximum atomic E-state index is 6.66. The predicted octanol–water partition coefficient (Wildman–Crippen LogP) is 4.00. The van der Waals surface area contributed by atoms with Gasteiger partial charge in [0.05, 0.1) is 6.10 Å². The first-order valence-electron chi connectivity index (χ1n) is 8.89. The van der Waals surface area contributed by atoms with Crippen LogP contribution in [-0.2, 0) is 11.0 Å². The lowest BCUT2D eigenvalue weighted by Gasteiger charge is -2.38. The summed E-state index contributed by atoms with van der Waals surface area (Å²) in [5, 5.41) is 0.267. The van der Waals surface area contributed by atoms with Crippen LogP contribution in [0.25, 0.3) is 0 Å². The summed E-state index contributed by atoms with van der Waals surface area (Å²) in [7, 11) is -1.70. The number of hydrogen-bond acceptors (Lipinski definition) is 3. The van der Waals surface area contributed by atoms with Gasteiger partial charge in [0.1, 0.15) is 0 Å². The van der Waals surface area contributed by atoms with Crippen molar-refractivity contribution >= 4 is 8.32 Å². The monoisotopic (exact) mass is 334 g/mol. The Morgan fingerprint density at radius 2 is 1.87 bits per heavy atom. The fraction of sp³-hybridized carbons (Fsp3) is 0.684. The zero-order chi connectivity index (χ0) is 17.1. The van der Waals surface area contributed by atoms with Gasteiger partial charge >= 0.3 is 0 Å². The van der Waals surface area contributed by atoms with Gasteiger partial charge in [0.25, 0.3) is 0 Å². The van der Waals surface area contributed by atoms with E-state index >= 15 is 0 Å². The molecule has 1 aliphatic rings. The minimum Gasteiger partial charge on any atom is -0.413 e. The number of benzene rings is 1. The largest absolute Gasteiger partial charge is 0.413 e. The summed E-state index contributed by atoms with van der Waals surface area (Å²) in [6, 6.07) is 11.3. The summed E-state index contributed by atoms with van der Waals surface area (Å²) in [5.74, 6) is 0. The van der Waals surface area contributed by atoms with E-state index in [1.807, 2.05) is 0 Å². The minimum absolute atomic E-state index is 0.267. The molecular formula is C19H34N2OSi. The third kappa shape index (κ3) is 4.89. The van der Waals surface area contributed by atoms with E-state index in [0.717, 1.165) is 32.5 Å². The first-order chi connectivity index (χ1) is 10.7. The fourth-order valence-electron chi connectivity index (χ4n) is 3.12. The highest BCUT2D eigenvalue weighted by molar-refractivity contribution is 6.74. The number of nitrogens with two attached hydrogens (primary N) is 1. The predicted molar refractivity (Wildman–Crippen MR) is 101 cm³/mol. The highest BCUT2D eigenvalue weighted by Crippen LogP contribution is 2.39. The van der Waals surface area contributed by atoms with Crippen molar-refractivity contribution in [3.8, 4) is 0 Å². The van der Waals surface area contributed by atoms with Crippen molar-refractivity contribution in [3.05, 3.63) is 35.9 Å². The van der Waals surface area contributed by atoms with Gasteiger partial charge in [-0.3, -0.25) is 4.90 Å². The Balaban J connectivity index is 2.03. The van der Waals surface area contributed by atoms with Gasteiger partial charge in [0.2, 0.25) is 0 Å². The van der Waals surface area contributed by atoms with Crippen LogP contribution < -0.4 is 5.73 Å². The molecule has 1 aromatic rings. The second-order valence-electron chi connectivity index (χ2n) is 8.38. The summed E-state index contributed by atoms with van der Waals surface area (Å²) in [4.78, 5) is 2.57. The van der Waals surface area contributed by atoms with Crippen molar-refractivity contribution in [2.75, 3.05) is 13.1 Å². The Kier molecular flexibility index (Phi) is 6.06. The van der Waals surface area contributed by atoms with Gasteiger partial charge in [-0.2, -0.15) is 0 Å². The van der Waals surface area contributed by atoms with Crippen molar-refractivity contribution in [1.29, 1.82) is 0 Å². The molecule has 0 spiro atoms. The Bertz CT molecular complexity index is 484. The van der Waals surface area contributed by atoms with Gasteiger partial charge in [-0.05, 0) is 43.1 Å². The average molecular weight is 335 g/mol. The lowest BCUT2D eigenvalue weighted by molar-refractivity contribution is 0.177. The molecule has 2 rings (SSSR count). The van der Waals surface area contributed by atoms with E-state index in [1.54, 1.807) is 0 Å². The Labute approximate surface area is 143 Å². The fourth-order valence-corrected chi connectivity index (χ4v) is 4.48. The third-order valence-electron chi connectivity index (χ3n) is 5.49. The third-order valence-corrected chi connectivity index (χ3v) is 10.0. The first kappa shape index (κ1) is 18.7. The Morgan fingerprint density at radius 3 is 2.43 bits per heavy atom. The zero-order valence-corrected chi connectivity index (χ0v) is 16.5. The van der Waals surface area contributed by atoms with Crippen molar-refractivity contribution in [2.45, 2.75) is 70.4 Å². The van der Waals surface area contributed by atoms with Crippen LogP contribution in [-0.4, -0.2) is 38.5 Å². The van der Waals surface area contributed by atoms with Crippen molar-refractivity contribution < 1.29 is 4.43 Å². The molecule has 1 aliphatic heterocycles. The summed E-state index contributed by atoms with van der Waals surface area (Å²) in [6.45, 7) is 14.4. The quantitative estimate of drug-likeness (QED) is 0.799. The van der Waals surface area contributed by atoms with Crippen LogP contribution in [0.3, 0.4) is 0 Å². The first-order valence-corrected chi connectivity index (χ1v) is 11.8. The van der Waals surface area contributed by atoms with E-state index in [-0.39, 0.29) is 5.04 Å². The van der Waals surface area contributed by atoms with E-state index in [0.29, 0.717) is 12.1 Å². The summed E-state index contributed by atoms with van der Waals surface area (Å²) >= 11 is 0. The Morgan fingerprint density at radius 1 is 1.22 bits per heavy atom. The second kappa shape index (κ2) is 7.47. The number of nitrogens with zero attached hydrogens (tertiary/aromatic N) is 1. The molecule has 2 N–H and O–H groups in total. The number of hydrogen-bond donors (Lipinski definition) is 1. The molecule has 0 amide bonds. The second-order valence-corrected chi connectivity index (χ2v) is 13.1. The molecule has 0 bridgehead atoms. The highest BCUT2D eigenvalue weighted by atomic mass is 28.4. The van der Waals surface area contributed by atoms with Crippen LogP contribution >= 0.6 is 0 Å². The average Bonchev–Trinajstić information content (AvgIpc) is 2.80. The molecule has 1 aromatic carbocycles. The lowest BCUT2D eigenvalue weighted by Crippen LogP contribution is -2.44. The van der Waals surface area contributed by atoms with Gasteiger partial charge in [0, 0.05) is 19.1 Å². The minimum atomic E-state index is -1.70. The molecule has 0 saturated carbocycles. The van der Waals surface area contributed by atoms with E-state index < -0.39 is 8.32 Å². The summed E-state index contributed by atoms with van der Waals surface area (Å²) in [6.07, 6.45) is 2.54. The zero-order valence-electron chi connectivity index (χ0n) is 15.5. The lowest BCUT2D eigenvalue weighted by atomic mass is 10.1. The van der Waals surface area contributed by atoms with E-state index in [9.17, 15) is 0 Å². The molecule has 4 heteroatoms. The highest BCUT2D eigenvalue weighted by Gasteiger charge is 2.42. The number of likely N-dealkylation sites (tertiary alicyclic amines) is 1. The van der Waals surface area contributed by atoms with Gasteiger partial charge in [-0.15, -0.1) is 0 Å². The molecule has 1 fully saturated rings. The standard InChI is InChI=1S/C19H34N2OSi/c1-19(2,3)23(4,5)22-18-13-17(11-12-20)21(15-18)14-16-9-7-6-8-10-16/h6-10,17-18H,11-15,20H2,1-5H3/t17-,18-/m1/s1. The van der Waals surface area contributed by atoms with Crippen LogP contribution in [0.1, 0.15) is 39.2 Å². The normalized spacial score (nSPS) is 23.4. The van der Waals surface area contributed by atoms with Crippen molar-refractivity contribution in [3.63, 3.8) is 0 Å². The van der Waals surface area contributed by atoms with Gasteiger partial charge < -0.3 is 10.2 Å². The number of rotatable bonds is 6. The molecule has 1 heterocycles. The van der Waals surface area contributed by atoms with E-state index in [2.05, 4.69) is 69.1 Å². The SMILES string of the molecule is CC(C)(C)[Si](C)(C)O[C@@H]1C[C@@H](CCN)N(Cc2ccccc2)C1. The van der Waals surface area contributed by atoms with Crippen LogP contribution in [0.15, 0.2) is 30.3 Å². The van der Waals surface area contributed by atoms with E-state index in [1.165, 1.54) is 5.56 Å². The molecular weight excluding hydrogens is 300 g/mol. The smallest absolute Gasteiger partial charge is 0.192 e. The molecule has 0 radical (unpaired) electrons. The molecule has 3 nitrogen and oxygen atoms in total. The maximum absolute atomic E-state index is 6.66. The van der Waals surface area contributed by atoms with Gasteiger partial charge in [-0.25, -0.2) is 0 Å². The molecule has 0 unspecified atom stereocenters. The van der Waals surface area contributed by atoms with Crippen molar-refractivity contribution in [2.24, 2.45) is 5.73 Å². The molecule has 0 aromatic heterocycles. The van der Waals surface area contributed by atoms with Crippen molar-refractivity contribution in [1.82, 2.24) is 4.90 Å².